The highest BCUT2D eigenvalue weighted by atomic mass is 35.5. The van der Waals surface area contributed by atoms with Gasteiger partial charge in [0.25, 0.3) is 11.8 Å². The summed E-state index contributed by atoms with van der Waals surface area (Å²) in [7, 11) is 0. The standard InChI is InChI=1S/C21H16ClN5O2/c1-11-8-14(13-4-2-3-5-18(13)25-11)20(28)26-27-21(29)16-10-24-17-7-6-12(22)9-15(17)19(16)23/h2-10H,1H3,(H2,23,24)(H,26,28)(H,27,29). The van der Waals surface area contributed by atoms with Gasteiger partial charge in [0.15, 0.2) is 0 Å². The summed E-state index contributed by atoms with van der Waals surface area (Å²) in [5.41, 5.74) is 13.7. The maximum Gasteiger partial charge on any atom is 0.273 e. The van der Waals surface area contributed by atoms with Gasteiger partial charge in [0.2, 0.25) is 0 Å². The second-order valence-electron chi connectivity index (χ2n) is 6.48. The van der Waals surface area contributed by atoms with E-state index in [1.165, 1.54) is 6.20 Å². The molecular formula is C21H16ClN5O2. The maximum absolute atomic E-state index is 12.7. The number of halogens is 1. The number of carbonyl (C=O) groups is 2. The number of nitrogens with two attached hydrogens (primary N) is 1. The van der Waals surface area contributed by atoms with Crippen LogP contribution in [0, 0.1) is 6.92 Å². The fourth-order valence-electron chi connectivity index (χ4n) is 3.11. The van der Waals surface area contributed by atoms with Crippen LogP contribution in [-0.2, 0) is 0 Å². The third kappa shape index (κ3) is 3.55. The number of pyridine rings is 2. The first kappa shape index (κ1) is 18.6. The lowest BCUT2D eigenvalue weighted by Crippen LogP contribution is -2.42. The van der Waals surface area contributed by atoms with Crippen LogP contribution in [0.25, 0.3) is 21.8 Å². The van der Waals surface area contributed by atoms with Gasteiger partial charge in [-0.3, -0.25) is 30.4 Å². The van der Waals surface area contributed by atoms with E-state index < -0.39 is 11.8 Å². The van der Waals surface area contributed by atoms with Gasteiger partial charge in [0.1, 0.15) is 0 Å². The van der Waals surface area contributed by atoms with Crippen molar-refractivity contribution in [3.8, 4) is 0 Å². The molecule has 2 aromatic heterocycles. The van der Waals surface area contributed by atoms with Gasteiger partial charge in [-0.15, -0.1) is 0 Å². The Bertz CT molecular complexity index is 1290. The monoisotopic (exact) mass is 405 g/mol. The Hall–Kier alpha value is -3.71. The molecule has 29 heavy (non-hydrogen) atoms. The number of anilines is 1. The SMILES string of the molecule is Cc1cc(C(=O)NNC(=O)c2cnc3ccc(Cl)cc3c2N)c2ccccc2n1. The van der Waals surface area contributed by atoms with Gasteiger partial charge in [-0.25, -0.2) is 0 Å². The zero-order chi connectivity index (χ0) is 20.5. The Labute approximate surface area is 170 Å². The molecule has 0 radical (unpaired) electrons. The Morgan fingerprint density at radius 3 is 2.45 bits per heavy atom. The summed E-state index contributed by atoms with van der Waals surface area (Å²) >= 11 is 6.01. The van der Waals surface area contributed by atoms with E-state index in [0.29, 0.717) is 38.1 Å². The number of nitrogens with one attached hydrogen (secondary N) is 2. The van der Waals surface area contributed by atoms with E-state index in [2.05, 4.69) is 20.8 Å². The van der Waals surface area contributed by atoms with Crippen molar-refractivity contribution in [1.82, 2.24) is 20.8 Å². The first-order valence-electron chi connectivity index (χ1n) is 8.75. The normalized spacial score (nSPS) is 10.8. The van der Waals surface area contributed by atoms with Crippen LogP contribution in [0.3, 0.4) is 0 Å². The van der Waals surface area contributed by atoms with E-state index in [9.17, 15) is 9.59 Å². The molecule has 2 aromatic carbocycles. The molecule has 7 nitrogen and oxygen atoms in total. The molecule has 4 rings (SSSR count). The van der Waals surface area contributed by atoms with Crippen LogP contribution < -0.4 is 16.6 Å². The lowest BCUT2D eigenvalue weighted by Gasteiger charge is -2.12. The molecule has 0 unspecified atom stereocenters. The number of nitrogen functional groups attached to an aromatic ring is 1. The topological polar surface area (TPSA) is 110 Å². The van der Waals surface area contributed by atoms with Crippen LogP contribution in [0.1, 0.15) is 26.4 Å². The zero-order valence-electron chi connectivity index (χ0n) is 15.4. The third-order valence-electron chi connectivity index (χ3n) is 4.49. The van der Waals surface area contributed by atoms with Gasteiger partial charge >= 0.3 is 0 Å². The molecule has 0 spiro atoms. The predicted octanol–water partition coefficient (Wildman–Crippen LogP) is 3.40. The number of hydrogen-bond acceptors (Lipinski definition) is 5. The van der Waals surface area contributed by atoms with Gasteiger partial charge in [0.05, 0.1) is 27.8 Å². The lowest BCUT2D eigenvalue weighted by atomic mass is 10.1. The number of aryl methyl sites for hydroxylation is 1. The van der Waals surface area contributed by atoms with Gasteiger partial charge in [-0.1, -0.05) is 29.8 Å². The minimum Gasteiger partial charge on any atom is -0.397 e. The van der Waals surface area contributed by atoms with E-state index in [0.717, 1.165) is 0 Å². The molecule has 0 saturated heterocycles. The number of amides is 2. The molecule has 4 N–H and O–H groups in total. The van der Waals surface area contributed by atoms with E-state index in [-0.39, 0.29) is 11.3 Å². The molecule has 0 fully saturated rings. The molecule has 2 heterocycles. The van der Waals surface area contributed by atoms with Gasteiger partial charge in [-0.2, -0.15) is 0 Å². The van der Waals surface area contributed by atoms with Crippen LogP contribution in [0.5, 0.6) is 0 Å². The molecule has 0 aliphatic heterocycles. The smallest absolute Gasteiger partial charge is 0.273 e. The van der Waals surface area contributed by atoms with Gasteiger partial charge in [-0.05, 0) is 37.3 Å². The average Bonchev–Trinajstić information content (AvgIpc) is 2.71. The summed E-state index contributed by atoms with van der Waals surface area (Å²) < 4.78 is 0. The molecule has 2 amide bonds. The number of hydrogen-bond donors (Lipinski definition) is 3. The van der Waals surface area contributed by atoms with Crippen LogP contribution in [0.15, 0.2) is 54.7 Å². The number of carbonyl (C=O) groups excluding carboxylic acids is 2. The Morgan fingerprint density at radius 2 is 1.66 bits per heavy atom. The minimum absolute atomic E-state index is 0.135. The first-order valence-corrected chi connectivity index (χ1v) is 9.12. The van der Waals surface area contributed by atoms with Crippen LogP contribution in [0.2, 0.25) is 5.02 Å². The average molecular weight is 406 g/mol. The number of nitrogens with zero attached hydrogens (tertiary/aromatic N) is 2. The lowest BCUT2D eigenvalue weighted by molar-refractivity contribution is 0.0848. The molecule has 0 saturated carbocycles. The first-order chi connectivity index (χ1) is 13.9. The van der Waals surface area contributed by atoms with Crippen molar-refractivity contribution in [2.45, 2.75) is 6.92 Å². The number of rotatable bonds is 2. The number of benzene rings is 2. The van der Waals surface area contributed by atoms with Crippen molar-refractivity contribution in [3.05, 3.63) is 76.6 Å². The summed E-state index contributed by atoms with van der Waals surface area (Å²) in [4.78, 5) is 33.9. The van der Waals surface area contributed by atoms with Crippen LogP contribution >= 0.6 is 11.6 Å². The van der Waals surface area contributed by atoms with Crippen molar-refractivity contribution in [1.29, 1.82) is 0 Å². The minimum atomic E-state index is -0.583. The highest BCUT2D eigenvalue weighted by Crippen LogP contribution is 2.26. The number of aromatic nitrogens is 2. The molecule has 144 valence electrons. The summed E-state index contributed by atoms with van der Waals surface area (Å²) in [5, 5.41) is 1.73. The summed E-state index contributed by atoms with van der Waals surface area (Å²) in [5.74, 6) is -1.05. The van der Waals surface area contributed by atoms with E-state index in [4.69, 9.17) is 17.3 Å². The Kier molecular flexibility index (Phi) is 4.74. The molecule has 4 aromatic rings. The highest BCUT2D eigenvalue weighted by molar-refractivity contribution is 6.31. The van der Waals surface area contributed by atoms with Crippen molar-refractivity contribution in [2.75, 3.05) is 5.73 Å². The predicted molar refractivity (Wildman–Crippen MR) is 113 cm³/mol. The number of para-hydroxylation sites is 1. The molecule has 0 atom stereocenters. The fraction of sp³-hybridized carbons (Fsp3) is 0.0476. The summed E-state index contributed by atoms with van der Waals surface area (Å²) in [6, 6.07) is 14.0. The van der Waals surface area contributed by atoms with E-state index in [1.807, 2.05) is 18.2 Å². The van der Waals surface area contributed by atoms with Crippen molar-refractivity contribution < 1.29 is 9.59 Å². The summed E-state index contributed by atoms with van der Waals surface area (Å²) in [6.07, 6.45) is 1.36. The van der Waals surface area contributed by atoms with E-state index in [1.54, 1.807) is 37.3 Å². The van der Waals surface area contributed by atoms with Gasteiger partial charge in [0, 0.05) is 27.7 Å². The highest BCUT2D eigenvalue weighted by Gasteiger charge is 2.16. The van der Waals surface area contributed by atoms with Gasteiger partial charge < -0.3 is 5.73 Å². The second-order valence-corrected chi connectivity index (χ2v) is 6.92. The van der Waals surface area contributed by atoms with E-state index >= 15 is 0 Å². The molecular weight excluding hydrogens is 390 g/mol. The number of fused-ring (bicyclic) bond motifs is 2. The third-order valence-corrected chi connectivity index (χ3v) is 4.73. The quantitative estimate of drug-likeness (QED) is 0.443. The molecule has 8 heteroatoms. The maximum atomic E-state index is 12.7. The van der Waals surface area contributed by atoms with Crippen molar-refractivity contribution in [3.63, 3.8) is 0 Å². The molecule has 0 aliphatic rings. The summed E-state index contributed by atoms with van der Waals surface area (Å²) in [6.45, 7) is 1.80. The van der Waals surface area contributed by atoms with Crippen molar-refractivity contribution >= 4 is 50.9 Å². The number of hydrazine groups is 1. The molecule has 0 bridgehead atoms. The second kappa shape index (κ2) is 7.37. The fourth-order valence-corrected chi connectivity index (χ4v) is 3.28. The Balaban J connectivity index is 1.58. The largest absolute Gasteiger partial charge is 0.397 e. The van der Waals surface area contributed by atoms with Crippen LogP contribution in [-0.4, -0.2) is 21.8 Å². The van der Waals surface area contributed by atoms with Crippen LogP contribution in [0.4, 0.5) is 5.69 Å². The van der Waals surface area contributed by atoms with Crippen molar-refractivity contribution in [2.24, 2.45) is 0 Å². The zero-order valence-corrected chi connectivity index (χ0v) is 16.1. The molecule has 0 aliphatic carbocycles. The Morgan fingerprint density at radius 1 is 0.931 bits per heavy atom.